The molecule has 0 unspecified atom stereocenters. The molecule has 1 heterocycles. The lowest BCUT2D eigenvalue weighted by Crippen LogP contribution is -2.36. The number of hydrogen-bond acceptors (Lipinski definition) is 4. The number of nitrogens with zero attached hydrogens (tertiary/aromatic N) is 1. The van der Waals surface area contributed by atoms with E-state index in [-0.39, 0.29) is 0 Å². The van der Waals surface area contributed by atoms with Crippen LogP contribution in [0.3, 0.4) is 0 Å². The molecule has 21 heavy (non-hydrogen) atoms. The maximum atomic E-state index is 12.4. The molecule has 6 heteroatoms. The van der Waals surface area contributed by atoms with E-state index in [9.17, 15) is 8.42 Å². The zero-order valence-corrected chi connectivity index (χ0v) is 13.6. The molecule has 2 rings (SSSR count). The first-order valence-corrected chi connectivity index (χ1v) is 8.88. The summed E-state index contributed by atoms with van der Waals surface area (Å²) in [6.07, 6.45) is 2.09. The molecular weight excluding hydrogens is 286 g/mol. The van der Waals surface area contributed by atoms with Crippen molar-refractivity contribution < 1.29 is 8.42 Å². The molecule has 1 fully saturated rings. The van der Waals surface area contributed by atoms with Crippen molar-refractivity contribution >= 4 is 10.0 Å². The Kier molecular flexibility index (Phi) is 5.37. The molecule has 0 atom stereocenters. The van der Waals surface area contributed by atoms with Crippen LogP contribution >= 0.6 is 0 Å². The summed E-state index contributed by atoms with van der Waals surface area (Å²) in [5.74, 6) is 0.426. The third kappa shape index (κ3) is 4.26. The fraction of sp³-hybridized carbons (Fsp3) is 0.600. The van der Waals surface area contributed by atoms with Crippen molar-refractivity contribution in [1.82, 2.24) is 9.62 Å². The Morgan fingerprint density at radius 2 is 2.00 bits per heavy atom. The van der Waals surface area contributed by atoms with Gasteiger partial charge in [0.1, 0.15) is 0 Å². The average Bonchev–Trinajstić information content (AvgIpc) is 2.47. The summed E-state index contributed by atoms with van der Waals surface area (Å²) in [5, 5.41) is 0. The molecule has 0 aromatic heterocycles. The van der Waals surface area contributed by atoms with Crippen LogP contribution in [-0.2, 0) is 16.6 Å². The monoisotopic (exact) mass is 311 g/mol. The number of nitrogens with one attached hydrogen (secondary N) is 1. The molecular formula is C15H25N3O2S. The van der Waals surface area contributed by atoms with Gasteiger partial charge in [0.15, 0.2) is 0 Å². The molecule has 0 aliphatic carbocycles. The molecule has 1 saturated heterocycles. The van der Waals surface area contributed by atoms with Crippen molar-refractivity contribution in [2.75, 3.05) is 26.7 Å². The van der Waals surface area contributed by atoms with Crippen LogP contribution < -0.4 is 10.5 Å². The fourth-order valence-corrected chi connectivity index (χ4v) is 3.78. The first-order chi connectivity index (χ1) is 9.92. The topological polar surface area (TPSA) is 75.4 Å². The van der Waals surface area contributed by atoms with E-state index in [1.165, 1.54) is 0 Å². The van der Waals surface area contributed by atoms with Crippen LogP contribution in [0, 0.1) is 12.8 Å². The largest absolute Gasteiger partial charge is 0.326 e. The second kappa shape index (κ2) is 6.87. The Hall–Kier alpha value is -0.950. The summed E-state index contributed by atoms with van der Waals surface area (Å²) in [6, 6.07) is 5.13. The number of aryl methyl sites for hydroxylation is 1. The van der Waals surface area contributed by atoms with Crippen LogP contribution in [0.5, 0.6) is 0 Å². The Balaban J connectivity index is 2.01. The molecule has 1 aromatic rings. The van der Waals surface area contributed by atoms with Gasteiger partial charge in [-0.25, -0.2) is 13.1 Å². The van der Waals surface area contributed by atoms with E-state index in [0.29, 0.717) is 23.9 Å². The van der Waals surface area contributed by atoms with Gasteiger partial charge in [-0.05, 0) is 69.1 Å². The van der Waals surface area contributed by atoms with Crippen LogP contribution in [0.25, 0.3) is 0 Å². The molecule has 5 nitrogen and oxygen atoms in total. The normalized spacial score (nSPS) is 18.0. The minimum absolute atomic E-state index is 0.307. The van der Waals surface area contributed by atoms with Crippen molar-refractivity contribution in [3.05, 3.63) is 29.3 Å². The maximum Gasteiger partial charge on any atom is 0.240 e. The molecule has 0 amide bonds. The van der Waals surface area contributed by atoms with Gasteiger partial charge >= 0.3 is 0 Å². The molecule has 118 valence electrons. The van der Waals surface area contributed by atoms with Crippen molar-refractivity contribution in [1.29, 1.82) is 0 Å². The highest BCUT2D eigenvalue weighted by molar-refractivity contribution is 7.89. The molecule has 0 spiro atoms. The second-order valence-corrected chi connectivity index (χ2v) is 7.66. The first-order valence-electron chi connectivity index (χ1n) is 7.40. The number of rotatable bonds is 5. The van der Waals surface area contributed by atoms with E-state index in [4.69, 9.17) is 5.73 Å². The first kappa shape index (κ1) is 16.4. The van der Waals surface area contributed by atoms with E-state index in [2.05, 4.69) is 16.7 Å². The third-order valence-corrected chi connectivity index (χ3v) is 5.67. The molecule has 1 aliphatic heterocycles. The van der Waals surface area contributed by atoms with Crippen molar-refractivity contribution in [3.8, 4) is 0 Å². The lowest BCUT2D eigenvalue weighted by molar-refractivity contribution is 0.220. The number of nitrogens with two attached hydrogens (primary N) is 1. The summed E-state index contributed by atoms with van der Waals surface area (Å²) in [5.41, 5.74) is 7.54. The molecule has 0 bridgehead atoms. The molecule has 0 radical (unpaired) electrons. The van der Waals surface area contributed by atoms with Gasteiger partial charge in [0, 0.05) is 13.1 Å². The Labute approximate surface area is 127 Å². The Bertz CT molecular complexity index is 579. The molecule has 1 aliphatic rings. The minimum atomic E-state index is -3.44. The zero-order chi connectivity index (χ0) is 15.5. The molecule has 0 saturated carbocycles. The van der Waals surface area contributed by atoms with Gasteiger partial charge in [0.25, 0.3) is 0 Å². The Morgan fingerprint density at radius 3 is 2.62 bits per heavy atom. The van der Waals surface area contributed by atoms with Crippen molar-refractivity contribution in [2.24, 2.45) is 11.7 Å². The smallest absolute Gasteiger partial charge is 0.240 e. The number of likely N-dealkylation sites (tertiary alicyclic amines) is 1. The summed E-state index contributed by atoms with van der Waals surface area (Å²) in [6.45, 7) is 4.87. The SMILES string of the molecule is Cc1ccc(S(=O)(=O)NCC2CCN(C)CC2)cc1CN. The predicted molar refractivity (Wildman–Crippen MR) is 84.5 cm³/mol. The van der Waals surface area contributed by atoms with E-state index in [0.717, 1.165) is 37.1 Å². The Morgan fingerprint density at radius 1 is 1.33 bits per heavy atom. The standard InChI is InChI=1S/C15H25N3O2S/c1-12-3-4-15(9-14(12)10-16)21(19,20)17-11-13-5-7-18(2)8-6-13/h3-4,9,13,17H,5-8,10-11,16H2,1-2H3. The van der Waals surface area contributed by atoms with E-state index < -0.39 is 10.0 Å². The van der Waals surface area contributed by atoms with Crippen LogP contribution in [0.4, 0.5) is 0 Å². The highest BCUT2D eigenvalue weighted by Crippen LogP contribution is 2.18. The van der Waals surface area contributed by atoms with E-state index in [1.807, 2.05) is 13.0 Å². The van der Waals surface area contributed by atoms with Gasteiger partial charge in [0.2, 0.25) is 10.0 Å². The lowest BCUT2D eigenvalue weighted by atomic mass is 9.98. The quantitative estimate of drug-likeness (QED) is 0.853. The van der Waals surface area contributed by atoms with Crippen LogP contribution in [0.2, 0.25) is 0 Å². The number of benzene rings is 1. The highest BCUT2D eigenvalue weighted by atomic mass is 32.2. The van der Waals surface area contributed by atoms with Gasteiger partial charge < -0.3 is 10.6 Å². The van der Waals surface area contributed by atoms with E-state index >= 15 is 0 Å². The van der Waals surface area contributed by atoms with E-state index in [1.54, 1.807) is 12.1 Å². The summed E-state index contributed by atoms with van der Waals surface area (Å²) in [4.78, 5) is 2.58. The highest BCUT2D eigenvalue weighted by Gasteiger charge is 2.20. The molecule has 3 N–H and O–H groups in total. The van der Waals surface area contributed by atoms with Crippen molar-refractivity contribution in [2.45, 2.75) is 31.2 Å². The van der Waals surface area contributed by atoms with Gasteiger partial charge in [-0.1, -0.05) is 6.07 Å². The lowest BCUT2D eigenvalue weighted by Gasteiger charge is -2.28. The number of hydrogen-bond donors (Lipinski definition) is 2. The average molecular weight is 311 g/mol. The number of piperidine rings is 1. The second-order valence-electron chi connectivity index (χ2n) is 5.89. The summed E-state index contributed by atoms with van der Waals surface area (Å²) in [7, 11) is -1.34. The maximum absolute atomic E-state index is 12.4. The number of sulfonamides is 1. The molecule has 1 aromatic carbocycles. The van der Waals surface area contributed by atoms with Gasteiger partial charge in [-0.3, -0.25) is 0 Å². The third-order valence-electron chi connectivity index (χ3n) is 4.25. The van der Waals surface area contributed by atoms with Gasteiger partial charge in [-0.15, -0.1) is 0 Å². The fourth-order valence-electron chi connectivity index (χ4n) is 2.61. The summed E-state index contributed by atoms with van der Waals surface area (Å²) < 4.78 is 27.5. The predicted octanol–water partition coefficient (Wildman–Crippen LogP) is 1.07. The minimum Gasteiger partial charge on any atom is -0.326 e. The van der Waals surface area contributed by atoms with Gasteiger partial charge in [-0.2, -0.15) is 0 Å². The van der Waals surface area contributed by atoms with Crippen LogP contribution in [0.15, 0.2) is 23.1 Å². The van der Waals surface area contributed by atoms with Gasteiger partial charge in [0.05, 0.1) is 4.90 Å². The summed E-state index contributed by atoms with van der Waals surface area (Å²) >= 11 is 0. The van der Waals surface area contributed by atoms with Crippen molar-refractivity contribution in [3.63, 3.8) is 0 Å². The van der Waals surface area contributed by atoms with Crippen LogP contribution in [0.1, 0.15) is 24.0 Å². The van der Waals surface area contributed by atoms with Crippen LogP contribution in [-0.4, -0.2) is 40.0 Å². The zero-order valence-electron chi connectivity index (χ0n) is 12.8.